The van der Waals surface area contributed by atoms with E-state index in [1.165, 1.54) is 13.3 Å². The number of methoxy groups -OCH3 is 2. The summed E-state index contributed by atoms with van der Waals surface area (Å²) in [7, 11) is 4.97. The van der Waals surface area contributed by atoms with Crippen LogP contribution in [0.2, 0.25) is 0 Å². The van der Waals surface area contributed by atoms with Crippen LogP contribution in [0.15, 0.2) is 60.9 Å². The molecule has 41 heavy (non-hydrogen) atoms. The number of alkyl halides is 1. The molecule has 1 saturated heterocycles. The number of fused-ring (bicyclic) bond motifs is 1. The number of hydrogen-bond acceptors (Lipinski definition) is 10. The molecule has 3 heterocycles. The normalized spacial score (nSPS) is 12.9. The molecule has 0 spiro atoms. The van der Waals surface area contributed by atoms with Crippen molar-refractivity contribution in [3.05, 3.63) is 60.9 Å². The summed E-state index contributed by atoms with van der Waals surface area (Å²) in [6, 6.07) is 17.8. The summed E-state index contributed by atoms with van der Waals surface area (Å²) in [6.45, 7) is 5.32. The maximum absolute atomic E-state index is 9.96. The molecule has 0 aliphatic carbocycles. The molecule has 12 heteroatoms. The van der Waals surface area contributed by atoms with Crippen LogP contribution in [-0.2, 0) is 19.0 Å². The zero-order valence-corrected chi connectivity index (χ0v) is 25.4. The number of hydrogen-bond donors (Lipinski definition) is 1. The average Bonchev–Trinajstić information content (AvgIpc) is 3.33. The number of ether oxygens (including phenoxy) is 4. The largest absolute Gasteiger partial charge is 0.465 e. The molecule has 0 bridgehead atoms. The lowest BCUT2D eigenvalue weighted by Crippen LogP contribution is -2.49. The van der Waals surface area contributed by atoms with Crippen molar-refractivity contribution in [3.8, 4) is 22.8 Å². The summed E-state index contributed by atoms with van der Waals surface area (Å²) >= 11 is 3.10. The van der Waals surface area contributed by atoms with Gasteiger partial charge in [-0.1, -0.05) is 34.1 Å². The van der Waals surface area contributed by atoms with Gasteiger partial charge in [-0.05, 0) is 36.4 Å². The minimum absolute atomic E-state index is 0.223. The second-order valence-electron chi connectivity index (χ2n) is 9.03. The van der Waals surface area contributed by atoms with E-state index in [4.69, 9.17) is 20.3 Å². The highest BCUT2D eigenvalue weighted by atomic mass is 79.9. The van der Waals surface area contributed by atoms with Crippen molar-refractivity contribution >= 4 is 38.8 Å². The third kappa shape index (κ3) is 9.22. The van der Waals surface area contributed by atoms with Gasteiger partial charge in [0.15, 0.2) is 5.65 Å². The number of nitrogens with two attached hydrogens (primary N) is 1. The number of esters is 1. The fourth-order valence-electron chi connectivity index (χ4n) is 4.04. The van der Waals surface area contributed by atoms with E-state index < -0.39 is 0 Å². The van der Waals surface area contributed by atoms with Crippen LogP contribution in [-0.4, -0.2) is 90.1 Å². The SMILES string of the molecule is CC(=O)OCCBr.COC.COCCN1CC(n2nc(-c3ccc(Oc4ccccc4)cc3)c3c(N)ncnc32)C1. The van der Waals surface area contributed by atoms with Crippen molar-refractivity contribution in [2.24, 2.45) is 0 Å². The van der Waals surface area contributed by atoms with Gasteiger partial charge in [-0.15, -0.1) is 0 Å². The molecule has 0 atom stereocenters. The molecule has 0 amide bonds. The van der Waals surface area contributed by atoms with Crippen LogP contribution in [0.1, 0.15) is 13.0 Å². The predicted molar refractivity (Wildman–Crippen MR) is 162 cm³/mol. The van der Waals surface area contributed by atoms with Crippen LogP contribution in [0.5, 0.6) is 11.5 Å². The van der Waals surface area contributed by atoms with E-state index in [-0.39, 0.29) is 12.0 Å². The Morgan fingerprint density at radius 3 is 2.24 bits per heavy atom. The van der Waals surface area contributed by atoms with Gasteiger partial charge in [0.2, 0.25) is 0 Å². The first kappa shape index (κ1) is 31.9. The Morgan fingerprint density at radius 1 is 1.00 bits per heavy atom. The molecular weight excluding hydrogens is 592 g/mol. The van der Waals surface area contributed by atoms with Crippen LogP contribution < -0.4 is 10.5 Å². The van der Waals surface area contributed by atoms with Gasteiger partial charge in [-0.2, -0.15) is 5.10 Å². The molecule has 2 aromatic carbocycles. The second kappa shape index (κ2) is 16.6. The number of halogens is 1. The van der Waals surface area contributed by atoms with E-state index >= 15 is 0 Å². The van der Waals surface area contributed by atoms with E-state index in [9.17, 15) is 4.79 Å². The highest BCUT2D eigenvalue weighted by molar-refractivity contribution is 9.09. The number of aromatic nitrogens is 4. The van der Waals surface area contributed by atoms with Crippen LogP contribution >= 0.6 is 15.9 Å². The quantitative estimate of drug-likeness (QED) is 0.208. The van der Waals surface area contributed by atoms with Crippen molar-refractivity contribution in [1.82, 2.24) is 24.6 Å². The number of para-hydroxylation sites is 1. The molecule has 5 rings (SSSR count). The molecule has 2 N–H and O–H groups in total. The van der Waals surface area contributed by atoms with Crippen LogP contribution in [0, 0.1) is 0 Å². The van der Waals surface area contributed by atoms with Crippen LogP contribution in [0.25, 0.3) is 22.3 Å². The van der Waals surface area contributed by atoms with Gasteiger partial charge in [-0.25, -0.2) is 14.6 Å². The minimum atomic E-state index is -0.223. The van der Waals surface area contributed by atoms with Gasteiger partial charge in [0.05, 0.1) is 18.0 Å². The monoisotopic (exact) mass is 628 g/mol. The maximum atomic E-state index is 9.96. The summed E-state index contributed by atoms with van der Waals surface area (Å²) in [6.07, 6.45) is 1.50. The summed E-state index contributed by atoms with van der Waals surface area (Å²) in [5.41, 5.74) is 8.74. The number of benzene rings is 2. The molecule has 1 aliphatic heterocycles. The fraction of sp³-hybridized carbons (Fsp3) is 0.379. The van der Waals surface area contributed by atoms with E-state index in [0.29, 0.717) is 17.8 Å². The van der Waals surface area contributed by atoms with Crippen molar-refractivity contribution in [2.75, 3.05) is 65.2 Å². The van der Waals surface area contributed by atoms with Crippen molar-refractivity contribution in [3.63, 3.8) is 0 Å². The molecule has 220 valence electrons. The van der Waals surface area contributed by atoms with Gasteiger partial charge >= 0.3 is 5.97 Å². The van der Waals surface area contributed by atoms with Gasteiger partial charge in [0, 0.05) is 58.8 Å². The summed E-state index contributed by atoms with van der Waals surface area (Å²) < 4.78 is 21.8. The Hall–Kier alpha value is -3.58. The second-order valence-corrected chi connectivity index (χ2v) is 9.83. The van der Waals surface area contributed by atoms with E-state index in [1.54, 1.807) is 21.3 Å². The first-order valence-corrected chi connectivity index (χ1v) is 14.2. The lowest BCUT2D eigenvalue weighted by atomic mass is 10.1. The highest BCUT2D eigenvalue weighted by Crippen LogP contribution is 2.34. The van der Waals surface area contributed by atoms with E-state index in [1.807, 2.05) is 59.3 Å². The van der Waals surface area contributed by atoms with Gasteiger partial charge in [-0.3, -0.25) is 9.69 Å². The van der Waals surface area contributed by atoms with E-state index in [0.717, 1.165) is 60.0 Å². The zero-order chi connectivity index (χ0) is 29.6. The number of nitrogen functional groups attached to an aromatic ring is 1. The van der Waals surface area contributed by atoms with E-state index in [2.05, 4.69) is 40.3 Å². The molecule has 2 aromatic heterocycles. The Kier molecular flexibility index (Phi) is 13.0. The minimum Gasteiger partial charge on any atom is -0.465 e. The number of carbonyl (C=O) groups excluding carboxylic acids is 1. The molecular formula is C29H37BrN6O5. The summed E-state index contributed by atoms with van der Waals surface area (Å²) in [5, 5.41) is 6.41. The Balaban J connectivity index is 0.000000401. The van der Waals surface area contributed by atoms with Crippen molar-refractivity contribution in [2.45, 2.75) is 13.0 Å². The molecule has 0 saturated carbocycles. The molecule has 1 aliphatic rings. The Bertz CT molecular complexity index is 1350. The lowest BCUT2D eigenvalue weighted by molar-refractivity contribution is -0.140. The van der Waals surface area contributed by atoms with Crippen LogP contribution in [0.3, 0.4) is 0 Å². The maximum Gasteiger partial charge on any atom is 0.302 e. The smallest absolute Gasteiger partial charge is 0.302 e. The Labute approximate surface area is 248 Å². The highest BCUT2D eigenvalue weighted by Gasteiger charge is 2.31. The third-order valence-corrected chi connectivity index (χ3v) is 6.23. The fourth-order valence-corrected chi connectivity index (χ4v) is 4.20. The number of likely N-dealkylation sites (tertiary alicyclic amines) is 1. The van der Waals surface area contributed by atoms with Gasteiger partial charge < -0.3 is 24.7 Å². The molecule has 4 aromatic rings. The predicted octanol–water partition coefficient (Wildman–Crippen LogP) is 4.58. The third-order valence-electron chi connectivity index (χ3n) is 5.90. The number of carbonyl (C=O) groups is 1. The molecule has 0 unspecified atom stereocenters. The molecule has 1 fully saturated rings. The topological polar surface area (TPSA) is 127 Å². The number of anilines is 1. The van der Waals surface area contributed by atoms with Gasteiger partial charge in [0.1, 0.15) is 35.9 Å². The first-order valence-electron chi connectivity index (χ1n) is 13.0. The summed E-state index contributed by atoms with van der Waals surface area (Å²) in [5.74, 6) is 1.77. The van der Waals surface area contributed by atoms with Crippen molar-refractivity contribution in [1.29, 1.82) is 0 Å². The Morgan fingerprint density at radius 2 is 1.66 bits per heavy atom. The lowest BCUT2D eigenvalue weighted by Gasteiger charge is -2.39. The number of rotatable bonds is 9. The number of nitrogens with zero attached hydrogens (tertiary/aromatic N) is 5. The van der Waals surface area contributed by atoms with Crippen LogP contribution in [0.4, 0.5) is 5.82 Å². The van der Waals surface area contributed by atoms with Gasteiger partial charge in [0.25, 0.3) is 0 Å². The molecule has 0 radical (unpaired) electrons. The molecule has 11 nitrogen and oxygen atoms in total. The van der Waals surface area contributed by atoms with Crippen molar-refractivity contribution < 1.29 is 23.7 Å². The first-order chi connectivity index (χ1) is 19.9. The summed E-state index contributed by atoms with van der Waals surface area (Å²) in [4.78, 5) is 21.0. The standard InChI is InChI=1S/C23H24N6O2.C4H7BrO2.C2H6O/c1-30-12-11-28-13-17(14-28)29-23-20(22(24)25-15-26-23)21(27-29)16-7-9-19(10-8-16)31-18-5-3-2-4-6-18;1-4(6)7-3-2-5;1-3-2/h2-10,15,17H,11-14H2,1H3,(H2,24,25,26);2-3H2,1H3;1-2H3. The zero-order valence-electron chi connectivity index (χ0n) is 23.8. The average molecular weight is 630 g/mol.